The number of hydrogen-bond donors (Lipinski definition) is 4. The van der Waals surface area contributed by atoms with Crippen LogP contribution in [-0.4, -0.2) is 72.8 Å². The van der Waals surface area contributed by atoms with E-state index in [1.165, 1.54) is 24.9 Å². The number of hydrogen-bond acceptors (Lipinski definition) is 5. The van der Waals surface area contributed by atoms with E-state index >= 15 is 0 Å². The van der Waals surface area contributed by atoms with E-state index in [-0.39, 0.29) is 12.5 Å². The standard InChI is InChI=1S/C21H26Cl2N4O5S/c1-24-21(32)25-11-14(20(30)31)26-19(29)13-7-9-27(10-8-13)16(28)6-4-12-3-5-15(33-2)18(23)17(12)22/h3-6,13-14H,7-11H2,1-2H3,(H,26,29)(H,30,31)(H2,24,25,32)/b6-4+/t14-/m0/s1. The highest BCUT2D eigenvalue weighted by Crippen LogP contribution is 2.35. The second-order valence-electron chi connectivity index (χ2n) is 7.28. The number of thioether (sulfide) groups is 1. The number of rotatable bonds is 8. The second kappa shape index (κ2) is 12.7. The summed E-state index contributed by atoms with van der Waals surface area (Å²) in [5.74, 6) is -2.30. The van der Waals surface area contributed by atoms with Crippen molar-refractivity contribution in [3.63, 3.8) is 0 Å². The number of carbonyl (C=O) groups excluding carboxylic acids is 3. The summed E-state index contributed by atoms with van der Waals surface area (Å²) in [6, 6.07) is 1.84. The number of carboxylic acids is 1. The normalized spacial score (nSPS) is 15.2. The first kappa shape index (κ1) is 26.8. The molecule has 1 atom stereocenters. The highest BCUT2D eigenvalue weighted by Gasteiger charge is 2.29. The first-order valence-electron chi connectivity index (χ1n) is 10.2. The number of likely N-dealkylation sites (tertiary alicyclic amines) is 1. The molecule has 9 nitrogen and oxygen atoms in total. The van der Waals surface area contributed by atoms with Crippen molar-refractivity contribution in [3.05, 3.63) is 33.8 Å². The summed E-state index contributed by atoms with van der Waals surface area (Å²) in [5, 5.41) is 17.2. The lowest BCUT2D eigenvalue weighted by atomic mass is 9.95. The summed E-state index contributed by atoms with van der Waals surface area (Å²) >= 11 is 14.0. The van der Waals surface area contributed by atoms with Crippen LogP contribution in [0.2, 0.25) is 10.0 Å². The van der Waals surface area contributed by atoms with Crippen LogP contribution in [0.1, 0.15) is 18.4 Å². The van der Waals surface area contributed by atoms with Crippen molar-refractivity contribution < 1.29 is 24.3 Å². The van der Waals surface area contributed by atoms with Crippen LogP contribution in [-0.2, 0) is 14.4 Å². The van der Waals surface area contributed by atoms with Gasteiger partial charge >= 0.3 is 12.0 Å². The number of carboxylic acid groups (broad SMARTS) is 1. The van der Waals surface area contributed by atoms with Crippen LogP contribution in [0.4, 0.5) is 4.79 Å². The number of carbonyl (C=O) groups is 4. The number of halogens is 2. The Morgan fingerprint density at radius 3 is 2.45 bits per heavy atom. The summed E-state index contributed by atoms with van der Waals surface area (Å²) in [6.07, 6.45) is 5.72. The zero-order chi connectivity index (χ0) is 24.5. The van der Waals surface area contributed by atoms with Gasteiger partial charge in [0.2, 0.25) is 11.8 Å². The molecule has 0 saturated carbocycles. The number of amides is 4. The van der Waals surface area contributed by atoms with E-state index in [0.29, 0.717) is 41.5 Å². The minimum absolute atomic E-state index is 0.215. The van der Waals surface area contributed by atoms with Gasteiger partial charge in [0.15, 0.2) is 0 Å². The Morgan fingerprint density at radius 2 is 1.88 bits per heavy atom. The third-order valence-electron chi connectivity index (χ3n) is 5.19. The maximum absolute atomic E-state index is 12.5. The molecule has 1 heterocycles. The molecule has 0 bridgehead atoms. The lowest BCUT2D eigenvalue weighted by Crippen LogP contribution is -2.52. The number of nitrogens with one attached hydrogen (secondary N) is 3. The molecule has 1 aromatic rings. The quantitative estimate of drug-likeness (QED) is 0.310. The highest BCUT2D eigenvalue weighted by atomic mass is 35.5. The summed E-state index contributed by atoms with van der Waals surface area (Å²) in [7, 11) is 1.40. The molecule has 2 rings (SSSR count). The first-order valence-corrected chi connectivity index (χ1v) is 12.1. The van der Waals surface area contributed by atoms with E-state index in [1.54, 1.807) is 17.0 Å². The lowest BCUT2D eigenvalue weighted by Gasteiger charge is -2.31. The molecule has 0 aliphatic carbocycles. The Morgan fingerprint density at radius 1 is 1.21 bits per heavy atom. The molecule has 0 unspecified atom stereocenters. The molecule has 1 saturated heterocycles. The van der Waals surface area contributed by atoms with Crippen LogP contribution in [0, 0.1) is 5.92 Å². The molecule has 12 heteroatoms. The predicted octanol–water partition coefficient (Wildman–Crippen LogP) is 2.47. The molecule has 1 aliphatic rings. The van der Waals surface area contributed by atoms with E-state index in [9.17, 15) is 24.3 Å². The van der Waals surface area contributed by atoms with Crippen LogP contribution in [0.5, 0.6) is 0 Å². The van der Waals surface area contributed by atoms with Gasteiger partial charge in [0.05, 0.1) is 16.6 Å². The molecule has 0 radical (unpaired) electrons. The molecule has 33 heavy (non-hydrogen) atoms. The van der Waals surface area contributed by atoms with Gasteiger partial charge in [-0.15, -0.1) is 11.8 Å². The Hall–Kier alpha value is -2.43. The van der Waals surface area contributed by atoms with Crippen molar-refractivity contribution in [1.29, 1.82) is 0 Å². The van der Waals surface area contributed by atoms with Crippen LogP contribution in [0.25, 0.3) is 6.08 Å². The van der Waals surface area contributed by atoms with Gasteiger partial charge in [0.1, 0.15) is 6.04 Å². The zero-order valence-electron chi connectivity index (χ0n) is 18.2. The van der Waals surface area contributed by atoms with Crippen molar-refractivity contribution in [1.82, 2.24) is 20.9 Å². The summed E-state index contributed by atoms with van der Waals surface area (Å²) in [6.45, 7) is 0.470. The van der Waals surface area contributed by atoms with Gasteiger partial charge in [-0.05, 0) is 36.8 Å². The van der Waals surface area contributed by atoms with Gasteiger partial charge in [-0.1, -0.05) is 29.3 Å². The molecule has 1 fully saturated rings. The Balaban J connectivity index is 1.89. The Kier molecular flexibility index (Phi) is 10.3. The number of aliphatic carboxylic acids is 1. The van der Waals surface area contributed by atoms with Gasteiger partial charge in [0.25, 0.3) is 0 Å². The third kappa shape index (κ3) is 7.55. The van der Waals surface area contributed by atoms with E-state index in [0.717, 1.165) is 4.90 Å². The summed E-state index contributed by atoms with van der Waals surface area (Å²) in [5.41, 5.74) is 0.632. The van der Waals surface area contributed by atoms with Crippen LogP contribution in [0.3, 0.4) is 0 Å². The van der Waals surface area contributed by atoms with Gasteiger partial charge in [0, 0.05) is 37.0 Å². The predicted molar refractivity (Wildman–Crippen MR) is 129 cm³/mol. The number of nitrogens with zero attached hydrogens (tertiary/aromatic N) is 1. The molecule has 1 aliphatic heterocycles. The monoisotopic (exact) mass is 516 g/mol. The van der Waals surface area contributed by atoms with Crippen molar-refractivity contribution in [2.75, 3.05) is 32.9 Å². The fourth-order valence-corrected chi connectivity index (χ4v) is 4.41. The van der Waals surface area contributed by atoms with Gasteiger partial charge in [-0.25, -0.2) is 9.59 Å². The van der Waals surface area contributed by atoms with Gasteiger partial charge in [-0.3, -0.25) is 9.59 Å². The minimum Gasteiger partial charge on any atom is -0.480 e. The number of piperidine rings is 1. The second-order valence-corrected chi connectivity index (χ2v) is 8.88. The SMILES string of the molecule is CNC(=O)NC[C@H](NC(=O)C1CCN(C(=O)/C=C/c2ccc(SC)c(Cl)c2Cl)CC1)C(=O)O. The molecular formula is C21H26Cl2N4O5S. The molecule has 180 valence electrons. The molecule has 4 amide bonds. The Bertz CT molecular complexity index is 935. The molecular weight excluding hydrogens is 491 g/mol. The maximum atomic E-state index is 12.5. The van der Waals surface area contributed by atoms with Crippen molar-refractivity contribution >= 4 is 64.9 Å². The van der Waals surface area contributed by atoms with Crippen LogP contribution >= 0.6 is 35.0 Å². The highest BCUT2D eigenvalue weighted by molar-refractivity contribution is 7.98. The van der Waals surface area contributed by atoms with Gasteiger partial charge < -0.3 is 26.0 Å². The zero-order valence-corrected chi connectivity index (χ0v) is 20.5. The van der Waals surface area contributed by atoms with Crippen molar-refractivity contribution in [2.45, 2.75) is 23.8 Å². The van der Waals surface area contributed by atoms with Crippen LogP contribution < -0.4 is 16.0 Å². The fraction of sp³-hybridized carbons (Fsp3) is 0.429. The van der Waals surface area contributed by atoms with E-state index in [4.69, 9.17) is 23.2 Å². The van der Waals surface area contributed by atoms with Crippen LogP contribution in [0.15, 0.2) is 23.1 Å². The van der Waals surface area contributed by atoms with Crippen molar-refractivity contribution in [3.8, 4) is 0 Å². The lowest BCUT2D eigenvalue weighted by molar-refractivity contribution is -0.142. The average molecular weight is 517 g/mol. The van der Waals surface area contributed by atoms with Crippen molar-refractivity contribution in [2.24, 2.45) is 5.92 Å². The van der Waals surface area contributed by atoms with E-state index < -0.39 is 29.9 Å². The summed E-state index contributed by atoms with van der Waals surface area (Å²) in [4.78, 5) is 50.1. The Labute approximate surface area is 206 Å². The van der Waals surface area contributed by atoms with Gasteiger partial charge in [-0.2, -0.15) is 0 Å². The largest absolute Gasteiger partial charge is 0.480 e. The molecule has 0 spiro atoms. The molecule has 4 N–H and O–H groups in total. The van der Waals surface area contributed by atoms with E-state index in [1.807, 2.05) is 12.3 Å². The third-order valence-corrected chi connectivity index (χ3v) is 6.98. The first-order chi connectivity index (χ1) is 15.7. The van der Waals surface area contributed by atoms with E-state index in [2.05, 4.69) is 16.0 Å². The minimum atomic E-state index is -1.25. The average Bonchev–Trinajstić information content (AvgIpc) is 2.81. The maximum Gasteiger partial charge on any atom is 0.328 e. The fourth-order valence-electron chi connectivity index (χ4n) is 3.23. The molecule has 1 aromatic carbocycles. The number of urea groups is 1. The smallest absolute Gasteiger partial charge is 0.328 e. The molecule has 0 aromatic heterocycles. The number of benzene rings is 1. The topological polar surface area (TPSA) is 128 Å². The summed E-state index contributed by atoms with van der Waals surface area (Å²) < 4.78 is 0.